The highest BCUT2D eigenvalue weighted by atomic mass is 19.1. The highest BCUT2D eigenvalue weighted by Gasteiger charge is 2.27. The molecule has 0 N–H and O–H groups in total. The maximum atomic E-state index is 14.2. The molecule has 0 aliphatic rings. The second-order valence-corrected chi connectivity index (χ2v) is 10.8. The van der Waals surface area contributed by atoms with Crippen LogP contribution >= 0.6 is 0 Å². The van der Waals surface area contributed by atoms with Crippen LogP contribution in [-0.4, -0.2) is 9.97 Å². The smallest absolute Gasteiger partial charge is 0.133 e. The molecule has 0 saturated heterocycles. The molecule has 1 aromatic heterocycles. The molecule has 3 heteroatoms. The van der Waals surface area contributed by atoms with Crippen molar-refractivity contribution in [3.63, 3.8) is 0 Å². The molecule has 0 bridgehead atoms. The first kappa shape index (κ1) is 22.5. The molecule has 2 nitrogen and oxygen atoms in total. The average Bonchev–Trinajstić information content (AvgIpc) is 2.58. The van der Waals surface area contributed by atoms with Gasteiger partial charge in [0.05, 0.1) is 0 Å². The van der Waals surface area contributed by atoms with Crippen molar-refractivity contribution in [1.82, 2.24) is 9.97 Å². The van der Waals surface area contributed by atoms with E-state index in [1.54, 1.807) is 6.07 Å². The number of hydrogen-bond acceptors (Lipinski definition) is 2. The summed E-state index contributed by atoms with van der Waals surface area (Å²) >= 11 is 0. The van der Waals surface area contributed by atoms with E-state index in [0.29, 0.717) is 5.92 Å². The molecule has 0 spiro atoms. The lowest BCUT2D eigenvalue weighted by Gasteiger charge is -2.28. The maximum absolute atomic E-state index is 14.2. The summed E-state index contributed by atoms with van der Waals surface area (Å²) in [6.45, 7) is 19.3. The SMILES string of the molecule is CC(CCC(C)(C)c1ccnc(C(C)(C)C)n1)c1ccc(F)c(C(C)(C)C)c1. The Morgan fingerprint density at radius 1 is 0.929 bits per heavy atom. The molecular weight excluding hydrogens is 347 g/mol. The van der Waals surface area contributed by atoms with E-state index < -0.39 is 0 Å². The third-order valence-electron chi connectivity index (χ3n) is 5.59. The Bertz CT molecular complexity index is 810. The van der Waals surface area contributed by atoms with Gasteiger partial charge < -0.3 is 0 Å². The van der Waals surface area contributed by atoms with Crippen LogP contribution in [0.3, 0.4) is 0 Å². The molecule has 1 atom stereocenters. The van der Waals surface area contributed by atoms with Gasteiger partial charge in [0.2, 0.25) is 0 Å². The first-order chi connectivity index (χ1) is 12.7. The third-order valence-corrected chi connectivity index (χ3v) is 5.59. The number of aromatic nitrogens is 2. The molecule has 2 aromatic rings. The Labute approximate surface area is 171 Å². The Morgan fingerprint density at radius 2 is 1.57 bits per heavy atom. The largest absolute Gasteiger partial charge is 0.241 e. The fraction of sp³-hybridized carbons (Fsp3) is 0.600. The molecule has 0 aliphatic carbocycles. The zero-order valence-corrected chi connectivity index (χ0v) is 19.2. The molecule has 2 rings (SSSR count). The van der Waals surface area contributed by atoms with Gasteiger partial charge in [-0.05, 0) is 47.4 Å². The van der Waals surface area contributed by atoms with Gasteiger partial charge in [-0.25, -0.2) is 14.4 Å². The van der Waals surface area contributed by atoms with E-state index in [2.05, 4.69) is 73.4 Å². The lowest BCUT2D eigenvalue weighted by atomic mass is 9.79. The van der Waals surface area contributed by atoms with Gasteiger partial charge in [-0.1, -0.05) is 74.4 Å². The highest BCUT2D eigenvalue weighted by molar-refractivity contribution is 5.32. The highest BCUT2D eigenvalue weighted by Crippen LogP contribution is 2.34. The summed E-state index contributed by atoms with van der Waals surface area (Å²) in [7, 11) is 0. The molecule has 0 aliphatic heterocycles. The van der Waals surface area contributed by atoms with Gasteiger partial charge in [0.25, 0.3) is 0 Å². The van der Waals surface area contributed by atoms with Gasteiger partial charge in [-0.3, -0.25) is 0 Å². The van der Waals surface area contributed by atoms with Crippen LogP contribution in [0, 0.1) is 5.82 Å². The molecular formula is C25H37FN2. The molecule has 154 valence electrons. The van der Waals surface area contributed by atoms with E-state index >= 15 is 0 Å². The maximum Gasteiger partial charge on any atom is 0.133 e. The number of halogens is 1. The Kier molecular flexibility index (Phi) is 6.37. The normalized spacial score (nSPS) is 14.2. The summed E-state index contributed by atoms with van der Waals surface area (Å²) in [5, 5.41) is 0. The minimum absolute atomic E-state index is 0.0376. The lowest BCUT2D eigenvalue weighted by molar-refractivity contribution is 0.420. The predicted octanol–water partition coefficient (Wildman–Crippen LogP) is 7.07. The lowest BCUT2D eigenvalue weighted by Crippen LogP contribution is -2.24. The van der Waals surface area contributed by atoms with E-state index in [0.717, 1.165) is 29.9 Å². The zero-order valence-electron chi connectivity index (χ0n) is 19.2. The fourth-order valence-corrected chi connectivity index (χ4v) is 3.39. The topological polar surface area (TPSA) is 25.8 Å². The van der Waals surface area contributed by atoms with Crippen LogP contribution in [0.5, 0.6) is 0 Å². The van der Waals surface area contributed by atoms with Crippen molar-refractivity contribution in [2.75, 3.05) is 0 Å². The van der Waals surface area contributed by atoms with Crippen LogP contribution in [-0.2, 0) is 16.2 Å². The first-order valence-electron chi connectivity index (χ1n) is 10.4. The van der Waals surface area contributed by atoms with Crippen LogP contribution in [0.2, 0.25) is 0 Å². The van der Waals surface area contributed by atoms with Gasteiger partial charge >= 0.3 is 0 Å². The third kappa shape index (κ3) is 5.40. The summed E-state index contributed by atoms with van der Waals surface area (Å²) in [5.74, 6) is 1.14. The Balaban J connectivity index is 2.17. The van der Waals surface area contributed by atoms with Crippen LogP contribution in [0.4, 0.5) is 4.39 Å². The molecule has 0 fully saturated rings. The minimum atomic E-state index is -0.191. The Hall–Kier alpha value is -1.77. The van der Waals surface area contributed by atoms with Gasteiger partial charge in [-0.2, -0.15) is 0 Å². The predicted molar refractivity (Wildman–Crippen MR) is 117 cm³/mol. The summed E-state index contributed by atoms with van der Waals surface area (Å²) in [6, 6.07) is 7.65. The molecule has 28 heavy (non-hydrogen) atoms. The summed E-state index contributed by atoms with van der Waals surface area (Å²) in [4.78, 5) is 9.32. The van der Waals surface area contributed by atoms with Gasteiger partial charge in [0.15, 0.2) is 0 Å². The quantitative estimate of drug-likeness (QED) is 0.551. The van der Waals surface area contributed by atoms with Crippen molar-refractivity contribution in [3.8, 4) is 0 Å². The number of nitrogens with zero attached hydrogens (tertiary/aromatic N) is 2. The van der Waals surface area contributed by atoms with Crippen molar-refractivity contribution < 1.29 is 4.39 Å². The van der Waals surface area contributed by atoms with E-state index in [-0.39, 0.29) is 22.1 Å². The van der Waals surface area contributed by atoms with E-state index in [1.807, 2.05) is 18.3 Å². The van der Waals surface area contributed by atoms with Crippen LogP contribution in [0.25, 0.3) is 0 Å². The standard InChI is InChI=1S/C25H37FN2/c1-17(18-10-11-20(26)19(16-18)23(2,3)4)12-14-25(8,9)21-13-15-27-22(28-21)24(5,6)7/h10-11,13,15-17H,12,14H2,1-9H3. The number of benzene rings is 1. The number of hydrogen-bond donors (Lipinski definition) is 0. The summed E-state index contributed by atoms with van der Waals surface area (Å²) in [5.41, 5.74) is 2.81. The van der Waals surface area contributed by atoms with E-state index in [1.165, 1.54) is 5.56 Å². The molecule has 1 heterocycles. The molecule has 1 aromatic carbocycles. The van der Waals surface area contributed by atoms with Crippen molar-refractivity contribution in [3.05, 3.63) is 58.9 Å². The van der Waals surface area contributed by atoms with Crippen molar-refractivity contribution in [2.45, 2.75) is 97.3 Å². The molecule has 0 amide bonds. The number of rotatable bonds is 5. The second kappa shape index (κ2) is 7.93. The first-order valence-corrected chi connectivity index (χ1v) is 10.4. The zero-order chi connectivity index (χ0) is 21.3. The van der Waals surface area contributed by atoms with Crippen molar-refractivity contribution in [2.24, 2.45) is 0 Å². The Morgan fingerprint density at radius 3 is 2.14 bits per heavy atom. The molecule has 0 saturated carbocycles. The van der Waals surface area contributed by atoms with Crippen molar-refractivity contribution in [1.29, 1.82) is 0 Å². The van der Waals surface area contributed by atoms with Gasteiger partial charge in [0, 0.05) is 22.7 Å². The molecule has 1 unspecified atom stereocenters. The summed E-state index contributed by atoms with van der Waals surface area (Å²) < 4.78 is 14.2. The average molecular weight is 385 g/mol. The minimum Gasteiger partial charge on any atom is -0.241 e. The van der Waals surface area contributed by atoms with Crippen LogP contribution < -0.4 is 0 Å². The second-order valence-electron chi connectivity index (χ2n) is 10.8. The molecule has 0 radical (unpaired) electrons. The fourth-order valence-electron chi connectivity index (χ4n) is 3.39. The van der Waals surface area contributed by atoms with E-state index in [9.17, 15) is 4.39 Å². The van der Waals surface area contributed by atoms with E-state index in [4.69, 9.17) is 4.98 Å². The van der Waals surface area contributed by atoms with Crippen LogP contribution in [0.15, 0.2) is 30.5 Å². The monoisotopic (exact) mass is 384 g/mol. The van der Waals surface area contributed by atoms with Crippen LogP contribution in [0.1, 0.15) is 104 Å². The summed E-state index contributed by atoms with van der Waals surface area (Å²) in [6.07, 6.45) is 3.91. The van der Waals surface area contributed by atoms with Crippen molar-refractivity contribution >= 4 is 0 Å². The van der Waals surface area contributed by atoms with Gasteiger partial charge in [-0.15, -0.1) is 0 Å². The van der Waals surface area contributed by atoms with Gasteiger partial charge in [0.1, 0.15) is 11.6 Å².